The van der Waals surface area contributed by atoms with Crippen LogP contribution in [0.25, 0.3) is 10.2 Å². The first-order valence-corrected chi connectivity index (χ1v) is 15.1. The lowest BCUT2D eigenvalue weighted by atomic mass is 10.0. The molecular weight excluding hydrogens is 621 g/mol. The number of urea groups is 1. The van der Waals surface area contributed by atoms with Crippen LogP contribution in [0.3, 0.4) is 0 Å². The van der Waals surface area contributed by atoms with Crippen LogP contribution < -0.4 is 20.3 Å². The molecule has 14 heteroatoms. The molecule has 0 atom stereocenters. The molecule has 0 spiro atoms. The van der Waals surface area contributed by atoms with Crippen LogP contribution in [0.5, 0.6) is 11.5 Å². The molecule has 234 valence electrons. The highest BCUT2D eigenvalue weighted by Crippen LogP contribution is 2.45. The van der Waals surface area contributed by atoms with E-state index in [9.17, 15) is 22.8 Å². The smallest absolute Gasteiger partial charge is 0.416 e. The summed E-state index contributed by atoms with van der Waals surface area (Å²) in [6.45, 7) is 2.10. The molecule has 2 N–H and O–H groups in total. The highest BCUT2D eigenvalue weighted by atomic mass is 32.1. The van der Waals surface area contributed by atoms with Gasteiger partial charge in [-0.15, -0.1) is 11.3 Å². The second-order valence-electron chi connectivity index (χ2n) is 10.6. The fraction of sp³-hybridized carbons (Fsp3) is 0.188. The van der Waals surface area contributed by atoms with E-state index in [0.717, 1.165) is 17.4 Å². The summed E-state index contributed by atoms with van der Waals surface area (Å²) < 4.78 is 53.3. The van der Waals surface area contributed by atoms with Crippen LogP contribution in [0.2, 0.25) is 0 Å². The molecule has 3 amide bonds. The number of hydrogen-bond donors (Lipinski definition) is 2. The van der Waals surface area contributed by atoms with Gasteiger partial charge in [0.15, 0.2) is 5.82 Å². The summed E-state index contributed by atoms with van der Waals surface area (Å²) in [5, 5.41) is 5.78. The average molecular weight is 647 g/mol. The fourth-order valence-electron chi connectivity index (χ4n) is 5.40. The van der Waals surface area contributed by atoms with E-state index in [2.05, 4.69) is 20.6 Å². The third-order valence-electron chi connectivity index (χ3n) is 7.57. The van der Waals surface area contributed by atoms with E-state index in [-0.39, 0.29) is 34.2 Å². The van der Waals surface area contributed by atoms with Crippen molar-refractivity contribution in [1.82, 2.24) is 14.9 Å². The lowest BCUT2D eigenvalue weighted by molar-refractivity contribution is -0.138. The third kappa shape index (κ3) is 5.85. The molecule has 0 bridgehead atoms. The zero-order chi connectivity index (χ0) is 31.8. The molecule has 0 aliphatic carbocycles. The second kappa shape index (κ2) is 12.0. The molecule has 2 aliphatic rings. The van der Waals surface area contributed by atoms with Gasteiger partial charge in [-0.3, -0.25) is 9.69 Å². The number of amides is 3. The van der Waals surface area contributed by atoms with Gasteiger partial charge >= 0.3 is 12.2 Å². The van der Waals surface area contributed by atoms with Crippen molar-refractivity contribution in [2.45, 2.75) is 12.7 Å². The number of benzene rings is 3. The number of halogens is 3. The average Bonchev–Trinajstić information content (AvgIpc) is 3.42. The number of carbonyl (C=O) groups excluding carboxylic acids is 2. The number of thiophene rings is 1. The zero-order valence-electron chi connectivity index (χ0n) is 24.0. The van der Waals surface area contributed by atoms with Gasteiger partial charge < -0.3 is 20.1 Å². The van der Waals surface area contributed by atoms with Crippen LogP contribution in [0.15, 0.2) is 79.1 Å². The summed E-state index contributed by atoms with van der Waals surface area (Å²) in [6.07, 6.45) is -3.33. The third-order valence-corrected chi connectivity index (χ3v) is 8.66. The Morgan fingerprint density at radius 2 is 1.74 bits per heavy atom. The highest BCUT2D eigenvalue weighted by Gasteiger charge is 2.36. The highest BCUT2D eigenvalue weighted by molar-refractivity contribution is 7.21. The molecule has 7 rings (SSSR count). The summed E-state index contributed by atoms with van der Waals surface area (Å²) in [6, 6.07) is 19.3. The number of para-hydroxylation sites is 1. The van der Waals surface area contributed by atoms with Crippen molar-refractivity contribution in [1.29, 1.82) is 0 Å². The van der Waals surface area contributed by atoms with E-state index < -0.39 is 23.7 Å². The Balaban J connectivity index is 1.15. The Morgan fingerprint density at radius 1 is 1.00 bits per heavy atom. The number of carbonyl (C=O) groups is 2. The molecule has 0 radical (unpaired) electrons. The maximum atomic E-state index is 14.1. The normalized spacial score (nSPS) is 15.1. The van der Waals surface area contributed by atoms with Crippen molar-refractivity contribution < 1.29 is 32.2 Å². The molecule has 10 nitrogen and oxygen atoms in total. The molecule has 5 aromatic rings. The first kappa shape index (κ1) is 29.6. The van der Waals surface area contributed by atoms with Crippen molar-refractivity contribution in [3.8, 4) is 11.5 Å². The number of morpholine rings is 1. The van der Waals surface area contributed by atoms with Crippen LogP contribution in [0.1, 0.15) is 20.8 Å². The monoisotopic (exact) mass is 646 g/mol. The van der Waals surface area contributed by atoms with Gasteiger partial charge in [0.05, 0.1) is 35.5 Å². The van der Waals surface area contributed by atoms with E-state index in [0.29, 0.717) is 53.7 Å². The predicted molar refractivity (Wildman–Crippen MR) is 167 cm³/mol. The lowest BCUT2D eigenvalue weighted by Crippen LogP contribution is -2.36. The fourth-order valence-corrected chi connectivity index (χ4v) is 6.38. The SMILES string of the molecule is O=C(Nc1ccc(CN2CCOCC2)c(C(F)(F)F)c1)c1sc2ncnc3c2c1NC(=O)N3c1ccc(Oc2ccccc2)cc1. The predicted octanol–water partition coefficient (Wildman–Crippen LogP) is 7.27. The zero-order valence-corrected chi connectivity index (χ0v) is 24.8. The van der Waals surface area contributed by atoms with Crippen LogP contribution in [-0.2, 0) is 17.5 Å². The topological polar surface area (TPSA) is 109 Å². The molecular formula is C32H25F3N6O4S. The molecule has 1 fully saturated rings. The van der Waals surface area contributed by atoms with Crippen molar-refractivity contribution >= 4 is 56.4 Å². The lowest BCUT2D eigenvalue weighted by Gasteiger charge is -2.28. The van der Waals surface area contributed by atoms with Gasteiger partial charge in [-0.25, -0.2) is 19.7 Å². The molecule has 4 heterocycles. The van der Waals surface area contributed by atoms with Crippen molar-refractivity contribution in [3.63, 3.8) is 0 Å². The molecule has 0 saturated carbocycles. The number of anilines is 4. The maximum absolute atomic E-state index is 14.1. The number of rotatable bonds is 7. The Kier molecular flexibility index (Phi) is 7.76. The number of hydrogen-bond acceptors (Lipinski definition) is 8. The number of aromatic nitrogens is 2. The Morgan fingerprint density at radius 3 is 2.48 bits per heavy atom. The first-order chi connectivity index (χ1) is 22.2. The minimum absolute atomic E-state index is 0.0272. The van der Waals surface area contributed by atoms with Crippen LogP contribution in [0.4, 0.5) is 40.8 Å². The van der Waals surface area contributed by atoms with E-state index in [1.807, 2.05) is 35.2 Å². The molecule has 2 aliphatic heterocycles. The second-order valence-corrected chi connectivity index (χ2v) is 11.6. The Bertz CT molecular complexity index is 1930. The van der Waals surface area contributed by atoms with Gasteiger partial charge in [0.1, 0.15) is 27.5 Å². The van der Waals surface area contributed by atoms with Gasteiger partial charge in [-0.05, 0) is 54.1 Å². The molecule has 0 unspecified atom stereocenters. The largest absolute Gasteiger partial charge is 0.457 e. The summed E-state index contributed by atoms with van der Waals surface area (Å²) in [4.78, 5) is 39.3. The Labute approximate surface area is 264 Å². The van der Waals surface area contributed by atoms with Crippen molar-refractivity contribution in [3.05, 3.63) is 95.1 Å². The molecule has 1 saturated heterocycles. The van der Waals surface area contributed by atoms with Crippen molar-refractivity contribution in [2.75, 3.05) is 41.8 Å². The minimum atomic E-state index is -4.63. The quantitative estimate of drug-likeness (QED) is 0.191. The van der Waals surface area contributed by atoms with E-state index in [1.54, 1.807) is 24.3 Å². The van der Waals surface area contributed by atoms with E-state index in [1.165, 1.54) is 23.4 Å². The van der Waals surface area contributed by atoms with Gasteiger partial charge in [-0.2, -0.15) is 13.2 Å². The van der Waals surface area contributed by atoms with E-state index >= 15 is 0 Å². The number of ether oxygens (including phenoxy) is 2. The van der Waals surface area contributed by atoms with Crippen LogP contribution >= 0.6 is 11.3 Å². The number of alkyl halides is 3. The van der Waals surface area contributed by atoms with Crippen LogP contribution in [-0.4, -0.2) is 53.1 Å². The number of nitrogens with zero attached hydrogens (tertiary/aromatic N) is 4. The summed E-state index contributed by atoms with van der Waals surface area (Å²) >= 11 is 1.00. The van der Waals surface area contributed by atoms with Crippen LogP contribution in [0, 0.1) is 0 Å². The van der Waals surface area contributed by atoms with Gasteiger partial charge in [0.2, 0.25) is 0 Å². The van der Waals surface area contributed by atoms with Gasteiger partial charge in [-0.1, -0.05) is 24.3 Å². The van der Waals surface area contributed by atoms with Gasteiger partial charge in [0.25, 0.3) is 5.91 Å². The van der Waals surface area contributed by atoms with E-state index in [4.69, 9.17) is 9.47 Å². The molecule has 3 aromatic carbocycles. The summed E-state index contributed by atoms with van der Waals surface area (Å²) in [5.41, 5.74) is -0.0559. The number of nitrogens with one attached hydrogen (secondary N) is 2. The maximum Gasteiger partial charge on any atom is 0.416 e. The standard InChI is InChI=1S/C32H25F3N6O4S/c33-32(34,35)24-16-20(7-6-19(24)17-40-12-14-44-15-13-40)38-29(42)27-26-25-28(36-18-37-30(25)46-27)41(31(43)39-26)21-8-10-23(11-9-21)45-22-4-2-1-3-5-22/h1-11,16,18H,12-15,17H2,(H,38,42)(H,39,43). The summed E-state index contributed by atoms with van der Waals surface area (Å²) in [5.74, 6) is 0.811. The molecule has 2 aromatic heterocycles. The minimum Gasteiger partial charge on any atom is -0.457 e. The molecule has 46 heavy (non-hydrogen) atoms. The van der Waals surface area contributed by atoms with Crippen molar-refractivity contribution in [2.24, 2.45) is 0 Å². The van der Waals surface area contributed by atoms with Gasteiger partial charge in [0, 0.05) is 25.3 Å². The Hall–Kier alpha value is -5.05. The first-order valence-electron chi connectivity index (χ1n) is 14.3. The summed E-state index contributed by atoms with van der Waals surface area (Å²) in [7, 11) is 0.